The van der Waals surface area contributed by atoms with E-state index >= 15 is 0 Å². The predicted octanol–water partition coefficient (Wildman–Crippen LogP) is 1.10. The molecule has 0 bridgehead atoms. The molecule has 172 valence electrons. The summed E-state index contributed by atoms with van der Waals surface area (Å²) < 4.78 is 15.7. The van der Waals surface area contributed by atoms with Gasteiger partial charge in [-0.05, 0) is 35.9 Å². The van der Waals surface area contributed by atoms with Crippen LogP contribution in [0.25, 0.3) is 6.08 Å². The molecule has 1 saturated heterocycles. The summed E-state index contributed by atoms with van der Waals surface area (Å²) in [6.07, 6.45) is 1.43. The zero-order chi connectivity index (χ0) is 24.0. The first kappa shape index (κ1) is 23.1. The minimum absolute atomic E-state index is 0.0158. The number of hydrogen-bond donors (Lipinski definition) is 3. The molecule has 1 aliphatic rings. The maximum Gasteiger partial charge on any atom is 0.329 e. The fourth-order valence-corrected chi connectivity index (χ4v) is 3.01. The van der Waals surface area contributed by atoms with Crippen molar-refractivity contribution in [3.63, 3.8) is 0 Å². The number of nitrogens with one attached hydrogen (secondary N) is 2. The number of urea groups is 1. The highest BCUT2D eigenvalue weighted by Gasteiger charge is 2.35. The zero-order valence-corrected chi connectivity index (χ0v) is 17.9. The molecule has 33 heavy (non-hydrogen) atoms. The predicted molar refractivity (Wildman–Crippen MR) is 118 cm³/mol. The van der Waals surface area contributed by atoms with Crippen molar-refractivity contribution in [3.8, 4) is 17.2 Å². The maximum atomic E-state index is 12.7. The first-order chi connectivity index (χ1) is 15.8. The Morgan fingerprint density at radius 2 is 1.79 bits per heavy atom. The summed E-state index contributed by atoms with van der Waals surface area (Å²) in [6, 6.07) is 10.7. The number of amides is 5. The van der Waals surface area contributed by atoms with Gasteiger partial charge in [-0.25, -0.2) is 9.69 Å². The Kier molecular flexibility index (Phi) is 7.13. The number of carbonyl (C=O) groups excluding carboxylic acids is 4. The van der Waals surface area contributed by atoms with Crippen molar-refractivity contribution in [1.82, 2.24) is 10.2 Å². The van der Waals surface area contributed by atoms with Crippen molar-refractivity contribution < 1.29 is 33.4 Å². The number of rotatable bonds is 9. The largest absolute Gasteiger partial charge is 0.495 e. The summed E-state index contributed by atoms with van der Waals surface area (Å²) in [4.78, 5) is 49.1. The first-order valence-corrected chi connectivity index (χ1v) is 9.69. The molecule has 4 N–H and O–H groups in total. The van der Waals surface area contributed by atoms with E-state index in [0.29, 0.717) is 22.7 Å². The summed E-state index contributed by atoms with van der Waals surface area (Å²) in [5.41, 5.74) is 5.99. The van der Waals surface area contributed by atoms with Crippen LogP contribution >= 0.6 is 0 Å². The Balaban J connectivity index is 1.71. The quantitative estimate of drug-likeness (QED) is 0.379. The van der Waals surface area contributed by atoms with Gasteiger partial charge in [0.2, 0.25) is 5.91 Å². The third-order valence-corrected chi connectivity index (χ3v) is 4.51. The molecule has 3 rings (SSSR count). The number of imide groups is 1. The van der Waals surface area contributed by atoms with Crippen molar-refractivity contribution in [2.24, 2.45) is 5.73 Å². The van der Waals surface area contributed by atoms with Gasteiger partial charge in [0, 0.05) is 0 Å². The van der Waals surface area contributed by atoms with E-state index in [4.69, 9.17) is 19.9 Å². The van der Waals surface area contributed by atoms with Crippen LogP contribution in [-0.2, 0) is 14.4 Å². The second-order valence-electron chi connectivity index (χ2n) is 6.79. The van der Waals surface area contributed by atoms with Crippen molar-refractivity contribution in [2.75, 3.05) is 32.7 Å². The molecular weight excluding hydrogens is 432 g/mol. The molecule has 11 heteroatoms. The summed E-state index contributed by atoms with van der Waals surface area (Å²) in [5.74, 6) is -0.839. The van der Waals surface area contributed by atoms with Gasteiger partial charge in [-0.15, -0.1) is 0 Å². The van der Waals surface area contributed by atoms with Crippen molar-refractivity contribution in [3.05, 3.63) is 53.7 Å². The molecule has 0 aromatic heterocycles. The fourth-order valence-electron chi connectivity index (χ4n) is 3.01. The number of methoxy groups -OCH3 is 2. The van der Waals surface area contributed by atoms with Gasteiger partial charge in [0.15, 0.2) is 18.1 Å². The van der Waals surface area contributed by atoms with Gasteiger partial charge in [0.05, 0.1) is 19.9 Å². The van der Waals surface area contributed by atoms with Crippen LogP contribution in [0.3, 0.4) is 0 Å². The summed E-state index contributed by atoms with van der Waals surface area (Å²) in [5, 5.41) is 5.06. The first-order valence-electron chi connectivity index (χ1n) is 9.69. The third kappa shape index (κ3) is 5.58. The van der Waals surface area contributed by atoms with E-state index < -0.39 is 30.3 Å². The Morgan fingerprint density at radius 3 is 2.48 bits per heavy atom. The number of primary amides is 1. The van der Waals surface area contributed by atoms with Gasteiger partial charge in [0.1, 0.15) is 18.0 Å². The van der Waals surface area contributed by atoms with Crippen LogP contribution in [0.5, 0.6) is 17.2 Å². The average Bonchev–Trinajstić information content (AvgIpc) is 3.05. The highest BCUT2D eigenvalue weighted by atomic mass is 16.5. The van der Waals surface area contributed by atoms with Crippen LogP contribution < -0.4 is 30.6 Å². The molecule has 1 aliphatic heterocycles. The number of para-hydroxylation sites is 2. The van der Waals surface area contributed by atoms with E-state index in [-0.39, 0.29) is 18.1 Å². The van der Waals surface area contributed by atoms with Crippen LogP contribution in [0, 0.1) is 0 Å². The van der Waals surface area contributed by atoms with Crippen LogP contribution in [0.2, 0.25) is 0 Å². The lowest BCUT2D eigenvalue weighted by molar-refractivity contribution is -0.127. The molecule has 0 unspecified atom stereocenters. The molecule has 2 aromatic carbocycles. The highest BCUT2D eigenvalue weighted by molar-refractivity contribution is 6.16. The topological polar surface area (TPSA) is 149 Å². The molecule has 0 aliphatic carbocycles. The Bertz CT molecular complexity index is 1130. The standard InChI is InChI=1S/C22H22N4O7/c1-31-16-6-4-3-5-14(16)24-20(28)11-26-21(29)15(25-22(26)30)9-13-7-8-17(18(10-13)32-2)33-12-19(23)27/h3-10H,11-12H2,1-2H3,(H2,23,27)(H,24,28)(H,25,30)/b15-9+. The average molecular weight is 454 g/mol. The van der Waals surface area contributed by atoms with Crippen LogP contribution in [0.4, 0.5) is 10.5 Å². The van der Waals surface area contributed by atoms with Crippen molar-refractivity contribution >= 4 is 35.5 Å². The highest BCUT2D eigenvalue weighted by Crippen LogP contribution is 2.29. The van der Waals surface area contributed by atoms with E-state index in [9.17, 15) is 19.2 Å². The van der Waals surface area contributed by atoms with E-state index in [1.54, 1.807) is 36.4 Å². The Labute approximate surface area is 189 Å². The third-order valence-electron chi connectivity index (χ3n) is 4.51. The SMILES string of the molecule is COc1ccccc1NC(=O)CN1C(=O)N/C(=C/c2ccc(OCC(N)=O)c(OC)c2)C1=O. The van der Waals surface area contributed by atoms with E-state index in [2.05, 4.69) is 10.6 Å². The summed E-state index contributed by atoms with van der Waals surface area (Å²) >= 11 is 0. The minimum atomic E-state index is -0.727. The van der Waals surface area contributed by atoms with Crippen molar-refractivity contribution in [2.45, 2.75) is 0 Å². The molecule has 0 spiro atoms. The van der Waals surface area contributed by atoms with E-state index in [1.807, 2.05) is 0 Å². The Hall–Kier alpha value is -4.54. The van der Waals surface area contributed by atoms with Gasteiger partial charge in [-0.1, -0.05) is 18.2 Å². The molecule has 1 fully saturated rings. The molecule has 2 aromatic rings. The summed E-state index contributed by atoms with van der Waals surface area (Å²) in [7, 11) is 2.87. The van der Waals surface area contributed by atoms with Crippen LogP contribution in [-0.4, -0.2) is 56.0 Å². The smallest absolute Gasteiger partial charge is 0.329 e. The number of nitrogens with two attached hydrogens (primary N) is 1. The van der Waals surface area contributed by atoms with Crippen LogP contribution in [0.15, 0.2) is 48.2 Å². The molecule has 1 heterocycles. The second-order valence-corrected chi connectivity index (χ2v) is 6.79. The number of carbonyl (C=O) groups is 4. The lowest BCUT2D eigenvalue weighted by atomic mass is 10.1. The molecule has 11 nitrogen and oxygen atoms in total. The molecule has 0 saturated carbocycles. The number of nitrogens with zero attached hydrogens (tertiary/aromatic N) is 1. The molecule has 0 radical (unpaired) electrons. The van der Waals surface area contributed by atoms with Gasteiger partial charge < -0.3 is 30.6 Å². The van der Waals surface area contributed by atoms with E-state index in [1.165, 1.54) is 26.4 Å². The number of ether oxygens (including phenoxy) is 3. The van der Waals surface area contributed by atoms with Crippen molar-refractivity contribution in [1.29, 1.82) is 0 Å². The zero-order valence-electron chi connectivity index (χ0n) is 17.9. The molecule has 0 atom stereocenters. The monoisotopic (exact) mass is 454 g/mol. The molecular formula is C22H22N4O7. The maximum absolute atomic E-state index is 12.7. The number of hydrogen-bond acceptors (Lipinski definition) is 7. The second kappa shape index (κ2) is 10.2. The normalized spacial score (nSPS) is 14.1. The van der Waals surface area contributed by atoms with Gasteiger partial charge in [0.25, 0.3) is 11.8 Å². The lowest BCUT2D eigenvalue weighted by Gasteiger charge is -2.13. The number of benzene rings is 2. The Morgan fingerprint density at radius 1 is 1.06 bits per heavy atom. The number of anilines is 1. The fraction of sp³-hybridized carbons (Fsp3) is 0.182. The lowest BCUT2D eigenvalue weighted by Crippen LogP contribution is -2.38. The van der Waals surface area contributed by atoms with E-state index in [0.717, 1.165) is 4.90 Å². The minimum Gasteiger partial charge on any atom is -0.495 e. The molecule has 5 amide bonds. The van der Waals surface area contributed by atoms with Gasteiger partial charge >= 0.3 is 6.03 Å². The summed E-state index contributed by atoms with van der Waals surface area (Å²) in [6.45, 7) is -0.805. The van der Waals surface area contributed by atoms with Gasteiger partial charge in [-0.2, -0.15) is 0 Å². The van der Waals surface area contributed by atoms with Gasteiger partial charge in [-0.3, -0.25) is 14.4 Å². The van der Waals surface area contributed by atoms with Crippen LogP contribution in [0.1, 0.15) is 5.56 Å².